The number of nitrogens with one attached hydrogen (secondary N) is 1. The van der Waals surface area contributed by atoms with Gasteiger partial charge in [0, 0.05) is 36.1 Å². The third kappa shape index (κ3) is 7.86. The molecule has 0 spiro atoms. The van der Waals surface area contributed by atoms with E-state index in [0.29, 0.717) is 10.2 Å². The van der Waals surface area contributed by atoms with E-state index in [2.05, 4.69) is 9.84 Å². The number of hydrogen-bond donors (Lipinski definition) is 2. The number of halogens is 1. The van der Waals surface area contributed by atoms with Crippen LogP contribution < -0.4 is 5.32 Å². The van der Waals surface area contributed by atoms with Gasteiger partial charge < -0.3 is 14.9 Å². The van der Waals surface area contributed by atoms with Gasteiger partial charge in [-0.05, 0) is 55.5 Å². The average molecular weight is 451 g/mol. The van der Waals surface area contributed by atoms with E-state index in [-0.39, 0.29) is 0 Å². The van der Waals surface area contributed by atoms with Crippen molar-refractivity contribution < 1.29 is 30.6 Å². The van der Waals surface area contributed by atoms with Crippen LogP contribution in [-0.4, -0.2) is 35.9 Å². The lowest BCUT2D eigenvalue weighted by molar-refractivity contribution is 0.194. The Bertz CT molecular complexity index is 1220. The first-order chi connectivity index (χ1) is 18.3. The summed E-state index contributed by atoms with van der Waals surface area (Å²) in [6, 6.07) is 15.8. The number of aliphatic hydroxyl groups is 1. The van der Waals surface area contributed by atoms with Crippen molar-refractivity contribution in [2.75, 3.05) is 26.1 Å². The van der Waals surface area contributed by atoms with Crippen molar-refractivity contribution in [1.82, 2.24) is 9.99 Å². The van der Waals surface area contributed by atoms with Gasteiger partial charge in [-0.15, -0.1) is 0 Å². The molecule has 0 aliphatic carbocycles. The average Bonchev–Trinajstić information content (AvgIpc) is 2.82. The third-order valence-electron chi connectivity index (χ3n) is 3.99. The van der Waals surface area contributed by atoms with Crippen LogP contribution >= 0.6 is 18.1 Å². The van der Waals surface area contributed by atoms with Gasteiger partial charge in [0.05, 0.1) is 12.0 Å². The second kappa shape index (κ2) is 12.5. The first-order valence-corrected chi connectivity index (χ1v) is 11.2. The molecule has 0 bridgehead atoms. The molecule has 2 aromatic carbocycles. The van der Waals surface area contributed by atoms with Crippen LogP contribution in [0.3, 0.4) is 0 Å². The SMILES string of the molecule is [2H]C([2H])(O)C([2H])([2H])C([2H])([2H])NC(C)c1ccccc1.[2H]C1([2H])OP(=O)(Cl)N(C(C)c2ccccc2)C([2H])([2H])C1([2H])[2H]. The monoisotopic (exact) mass is 450 g/mol. The summed E-state index contributed by atoms with van der Waals surface area (Å²) >= 11 is 5.79. The van der Waals surface area contributed by atoms with Crippen molar-refractivity contribution in [2.24, 2.45) is 0 Å². The molecule has 3 atom stereocenters. The molecule has 3 unspecified atom stereocenters. The summed E-state index contributed by atoms with van der Waals surface area (Å²) in [6.45, 7) is -13.4. The van der Waals surface area contributed by atoms with Gasteiger partial charge in [-0.1, -0.05) is 60.7 Å². The maximum absolute atomic E-state index is 12.5. The lowest BCUT2D eigenvalue weighted by Gasteiger charge is -2.35. The summed E-state index contributed by atoms with van der Waals surface area (Å²) in [5.74, 6) is 0. The zero-order valence-corrected chi connectivity index (χ0v) is 17.6. The van der Waals surface area contributed by atoms with Crippen molar-refractivity contribution in [3.05, 3.63) is 71.8 Å². The fourth-order valence-corrected chi connectivity index (χ4v) is 4.01. The van der Waals surface area contributed by atoms with E-state index in [0.717, 1.165) is 5.56 Å². The Morgan fingerprint density at radius 2 is 1.79 bits per heavy atom. The predicted octanol–water partition coefficient (Wildman–Crippen LogP) is 5.54. The topological polar surface area (TPSA) is 61.8 Å². The lowest BCUT2D eigenvalue weighted by Crippen LogP contribution is -2.29. The second-order valence-electron chi connectivity index (χ2n) is 5.95. The summed E-state index contributed by atoms with van der Waals surface area (Å²) in [4.78, 5) is 0. The van der Waals surface area contributed by atoms with Crippen LogP contribution in [0.5, 0.6) is 0 Å². The molecule has 1 aliphatic rings. The summed E-state index contributed by atoms with van der Waals surface area (Å²) in [7, 11) is 0. The van der Waals surface area contributed by atoms with Crippen molar-refractivity contribution in [3.63, 3.8) is 0 Å². The molecule has 2 N–H and O–H groups in total. The molecule has 1 saturated heterocycles. The highest BCUT2D eigenvalue weighted by molar-refractivity contribution is 7.83. The van der Waals surface area contributed by atoms with Gasteiger partial charge in [0.2, 0.25) is 0 Å². The lowest BCUT2D eigenvalue weighted by atomic mass is 10.1. The van der Waals surface area contributed by atoms with Gasteiger partial charge in [0.15, 0.2) is 0 Å². The summed E-state index contributed by atoms with van der Waals surface area (Å²) in [6.07, 6.45) is -6.17. The van der Waals surface area contributed by atoms with Gasteiger partial charge in [-0.25, -0.2) is 4.67 Å². The number of nitrogens with zero attached hydrogens (tertiary/aromatic N) is 1. The summed E-state index contributed by atoms with van der Waals surface area (Å²) in [5.41, 5.74) is 1.29. The van der Waals surface area contributed by atoms with Crippen molar-refractivity contribution in [3.8, 4) is 0 Å². The van der Waals surface area contributed by atoms with Crippen molar-refractivity contribution >= 4 is 18.1 Å². The number of hydrogen-bond acceptors (Lipinski definition) is 4. The van der Waals surface area contributed by atoms with E-state index >= 15 is 0 Å². The zero-order chi connectivity index (χ0) is 31.9. The molecule has 1 heterocycles. The second-order valence-corrected chi connectivity index (χ2v) is 8.75. The third-order valence-corrected chi connectivity index (χ3v) is 5.97. The highest BCUT2D eigenvalue weighted by atomic mass is 35.7. The van der Waals surface area contributed by atoms with Crippen LogP contribution in [0.15, 0.2) is 60.7 Å². The van der Waals surface area contributed by atoms with Crippen LogP contribution in [0.2, 0.25) is 0 Å². The highest BCUT2D eigenvalue weighted by Crippen LogP contribution is 2.60. The maximum atomic E-state index is 12.5. The van der Waals surface area contributed by atoms with E-state index in [4.69, 9.17) is 32.8 Å². The Hall–Kier alpha value is -1.20. The molecule has 2 aromatic rings. The van der Waals surface area contributed by atoms with Crippen LogP contribution in [0.1, 0.15) is 66.3 Å². The summed E-state index contributed by atoms with van der Waals surface area (Å²) < 4.78 is 109. The Balaban J connectivity index is 0.000000290. The fraction of sp³-hybridized carbons (Fsp3) is 0.455. The van der Waals surface area contributed by atoms with Crippen LogP contribution in [0, 0.1) is 0 Å². The molecule has 0 saturated carbocycles. The minimum absolute atomic E-state index is 0.534. The predicted molar refractivity (Wildman–Crippen MR) is 120 cm³/mol. The Labute approximate surface area is 196 Å². The molecule has 0 aromatic heterocycles. The minimum atomic E-state index is -4.43. The maximum Gasteiger partial charge on any atom is 0.363 e. The summed E-state index contributed by atoms with van der Waals surface area (Å²) in [5, 5.41) is 11.5. The fourth-order valence-electron chi connectivity index (χ4n) is 2.44. The van der Waals surface area contributed by atoms with Crippen LogP contribution in [-0.2, 0) is 9.09 Å². The molecule has 3 rings (SSSR count). The van der Waals surface area contributed by atoms with Gasteiger partial charge in [0.25, 0.3) is 0 Å². The highest BCUT2D eigenvalue weighted by Gasteiger charge is 2.36. The van der Waals surface area contributed by atoms with Crippen LogP contribution in [0.4, 0.5) is 0 Å². The molecule has 160 valence electrons. The van der Waals surface area contributed by atoms with E-state index in [1.165, 1.54) is 6.92 Å². The Morgan fingerprint density at radius 3 is 2.38 bits per heavy atom. The van der Waals surface area contributed by atoms with E-state index in [9.17, 15) is 4.57 Å². The number of rotatable bonds is 7. The smallest absolute Gasteiger partial charge is 0.363 e. The first-order valence-electron chi connectivity index (χ1n) is 14.7. The molecule has 0 amide bonds. The van der Waals surface area contributed by atoms with Crippen molar-refractivity contribution in [2.45, 2.75) is 38.7 Å². The Kier molecular flexibility index (Phi) is 5.16. The van der Waals surface area contributed by atoms with E-state index in [1.54, 1.807) is 67.6 Å². The van der Waals surface area contributed by atoms with E-state index in [1.807, 2.05) is 0 Å². The molecular weight excluding hydrogens is 407 g/mol. The Morgan fingerprint density at radius 1 is 1.21 bits per heavy atom. The zero-order valence-electron chi connectivity index (χ0n) is 28.0. The van der Waals surface area contributed by atoms with Gasteiger partial charge in [-0.2, -0.15) is 0 Å². The van der Waals surface area contributed by atoms with E-state index < -0.39 is 57.8 Å². The number of benzene rings is 2. The molecular formula is C22H32ClN2O3P. The van der Waals surface area contributed by atoms with Gasteiger partial charge >= 0.3 is 6.87 Å². The molecule has 1 fully saturated rings. The quantitative estimate of drug-likeness (QED) is 0.542. The van der Waals surface area contributed by atoms with Crippen LogP contribution in [0.25, 0.3) is 0 Å². The molecule has 7 heteroatoms. The molecule has 0 radical (unpaired) electrons. The largest absolute Gasteiger partial charge is 0.396 e. The standard InChI is InChI=1S/C11H15ClNO2P.C11H17NO/c1-10(11-6-3-2-4-7-11)13-8-5-9-15-16(13,12)14;1-10(12-8-5-9-13)11-6-3-2-4-7-11/h2-4,6-7,10H,5,8-9H2,1H3;2-4,6-7,10,12-13H,5,8-9H2,1H3/i2*5D2,8D2,9D2. The van der Waals surface area contributed by atoms with Gasteiger partial charge in [-0.3, -0.25) is 4.57 Å². The normalized spacial score (nSPS) is 34.5. The first kappa shape index (κ1) is 12.0. The minimum Gasteiger partial charge on any atom is -0.396 e. The molecule has 29 heavy (non-hydrogen) atoms. The van der Waals surface area contributed by atoms with Crippen molar-refractivity contribution in [1.29, 1.82) is 0 Å². The molecule has 5 nitrogen and oxygen atoms in total. The van der Waals surface area contributed by atoms with Gasteiger partial charge in [0.1, 0.15) is 0 Å². The molecule has 1 aliphatic heterocycles.